The molecule has 144 valence electrons. The van der Waals surface area contributed by atoms with E-state index in [0.29, 0.717) is 0 Å². The summed E-state index contributed by atoms with van der Waals surface area (Å²) in [5.41, 5.74) is 1.12. The van der Waals surface area contributed by atoms with E-state index in [2.05, 4.69) is 48.5 Å². The van der Waals surface area contributed by atoms with Gasteiger partial charge in [-0.15, -0.1) is 10.2 Å². The topological polar surface area (TPSA) is 66.6 Å². The molecule has 0 aliphatic carbocycles. The molecule has 2 aromatic heterocycles. The largest absolute Gasteiger partial charge is 0.357 e. The summed E-state index contributed by atoms with van der Waals surface area (Å²) >= 11 is 0. The van der Waals surface area contributed by atoms with Crippen LogP contribution in [0.2, 0.25) is 0 Å². The molecule has 26 heavy (non-hydrogen) atoms. The number of aliphatic imine (C=N–C) groups is 1. The van der Waals surface area contributed by atoms with Gasteiger partial charge in [0.15, 0.2) is 11.6 Å². The van der Waals surface area contributed by atoms with E-state index in [1.807, 2.05) is 28.8 Å². The van der Waals surface area contributed by atoms with Gasteiger partial charge < -0.3 is 10.6 Å². The fourth-order valence-corrected chi connectivity index (χ4v) is 2.92. The summed E-state index contributed by atoms with van der Waals surface area (Å²) in [4.78, 5) is 4.80. The molecule has 0 spiro atoms. The highest BCUT2D eigenvalue weighted by atomic mass is 15.2. The smallest absolute Gasteiger partial charge is 0.191 e. The molecule has 0 aromatic carbocycles. The van der Waals surface area contributed by atoms with E-state index in [1.165, 1.54) is 25.7 Å². The summed E-state index contributed by atoms with van der Waals surface area (Å²) in [7, 11) is 0. The molecule has 0 aliphatic rings. The van der Waals surface area contributed by atoms with Gasteiger partial charge in [0.2, 0.25) is 0 Å². The first-order valence-corrected chi connectivity index (χ1v) is 9.86. The second-order valence-electron chi connectivity index (χ2n) is 7.54. The maximum atomic E-state index is 4.80. The van der Waals surface area contributed by atoms with Crippen LogP contribution >= 0.6 is 0 Å². The molecule has 0 aliphatic heterocycles. The van der Waals surface area contributed by atoms with Crippen molar-refractivity contribution in [2.45, 2.75) is 59.8 Å². The number of unbranched alkanes of at least 4 members (excludes halogenated alkanes) is 2. The van der Waals surface area contributed by atoms with Crippen LogP contribution in [0.3, 0.4) is 0 Å². The van der Waals surface area contributed by atoms with Crippen LogP contribution in [0.25, 0.3) is 5.65 Å². The van der Waals surface area contributed by atoms with E-state index in [1.54, 1.807) is 0 Å². The Bertz CT molecular complexity index is 688. The number of aromatic nitrogens is 3. The van der Waals surface area contributed by atoms with E-state index >= 15 is 0 Å². The highest BCUT2D eigenvalue weighted by Crippen LogP contribution is 2.23. The number of guanidine groups is 1. The Morgan fingerprint density at radius 2 is 2.00 bits per heavy atom. The predicted octanol–water partition coefficient (Wildman–Crippen LogP) is 3.43. The summed E-state index contributed by atoms with van der Waals surface area (Å²) in [5, 5.41) is 15.2. The highest BCUT2D eigenvalue weighted by molar-refractivity contribution is 5.79. The Balaban J connectivity index is 1.87. The normalized spacial score (nSPS) is 12.5. The summed E-state index contributed by atoms with van der Waals surface area (Å²) in [6.45, 7) is 11.4. The molecular weight excluding hydrogens is 324 g/mol. The van der Waals surface area contributed by atoms with Gasteiger partial charge in [0.25, 0.3) is 0 Å². The van der Waals surface area contributed by atoms with Gasteiger partial charge in [-0.3, -0.25) is 9.39 Å². The maximum absolute atomic E-state index is 4.80. The third-order valence-corrected chi connectivity index (χ3v) is 4.49. The third kappa shape index (κ3) is 6.32. The van der Waals surface area contributed by atoms with E-state index in [9.17, 15) is 0 Å². The van der Waals surface area contributed by atoms with Crippen molar-refractivity contribution in [3.05, 3.63) is 30.2 Å². The van der Waals surface area contributed by atoms with Crippen LogP contribution in [0.15, 0.2) is 29.4 Å². The van der Waals surface area contributed by atoms with Crippen LogP contribution in [0.1, 0.15) is 59.2 Å². The zero-order chi connectivity index (χ0) is 18.8. The van der Waals surface area contributed by atoms with Crippen molar-refractivity contribution in [2.24, 2.45) is 10.4 Å². The minimum atomic E-state index is 0.237. The van der Waals surface area contributed by atoms with Crippen LogP contribution in [0.4, 0.5) is 0 Å². The van der Waals surface area contributed by atoms with E-state index in [-0.39, 0.29) is 5.41 Å². The number of nitrogens with zero attached hydrogens (tertiary/aromatic N) is 4. The average Bonchev–Trinajstić information content (AvgIpc) is 3.03. The summed E-state index contributed by atoms with van der Waals surface area (Å²) in [6.07, 6.45) is 7.87. The van der Waals surface area contributed by atoms with Crippen molar-refractivity contribution in [3.8, 4) is 0 Å². The standard InChI is InChI=1S/C20H34N6/c1-5-7-9-13-20(3,4)16-23-19(21-6-2)22-14-12-18-25-24-17-11-8-10-15-26(17)18/h8,10-11,15H,5-7,9,12-14,16H2,1-4H3,(H2,21,22,23). The van der Waals surface area contributed by atoms with E-state index in [4.69, 9.17) is 4.99 Å². The average molecular weight is 359 g/mol. The fraction of sp³-hybridized carbons (Fsp3) is 0.650. The molecule has 2 rings (SSSR count). The molecule has 0 fully saturated rings. The number of rotatable bonds is 10. The molecule has 6 nitrogen and oxygen atoms in total. The first-order chi connectivity index (χ1) is 12.6. The van der Waals surface area contributed by atoms with Gasteiger partial charge in [0, 0.05) is 32.3 Å². The molecular formula is C20H34N6. The van der Waals surface area contributed by atoms with E-state index < -0.39 is 0 Å². The third-order valence-electron chi connectivity index (χ3n) is 4.49. The number of pyridine rings is 1. The molecule has 0 bridgehead atoms. The summed E-state index contributed by atoms with van der Waals surface area (Å²) < 4.78 is 2.03. The summed E-state index contributed by atoms with van der Waals surface area (Å²) in [5.74, 6) is 1.84. The zero-order valence-corrected chi connectivity index (χ0v) is 16.8. The van der Waals surface area contributed by atoms with Gasteiger partial charge in [-0.2, -0.15) is 0 Å². The van der Waals surface area contributed by atoms with Crippen LogP contribution in [0.5, 0.6) is 0 Å². The lowest BCUT2D eigenvalue weighted by molar-refractivity contribution is 0.332. The van der Waals surface area contributed by atoms with Crippen LogP contribution in [-0.2, 0) is 6.42 Å². The minimum Gasteiger partial charge on any atom is -0.357 e. The van der Waals surface area contributed by atoms with Crippen molar-refractivity contribution in [1.29, 1.82) is 0 Å². The van der Waals surface area contributed by atoms with E-state index in [0.717, 1.165) is 43.5 Å². The van der Waals surface area contributed by atoms with Gasteiger partial charge in [0.1, 0.15) is 5.82 Å². The molecule has 0 atom stereocenters. The Hall–Kier alpha value is -2.11. The molecule has 2 N–H and O–H groups in total. The number of nitrogens with one attached hydrogen (secondary N) is 2. The van der Waals surface area contributed by atoms with Gasteiger partial charge in [-0.25, -0.2) is 0 Å². The zero-order valence-electron chi connectivity index (χ0n) is 16.8. The minimum absolute atomic E-state index is 0.237. The molecule has 0 amide bonds. The first kappa shape index (κ1) is 20.2. The summed E-state index contributed by atoms with van der Waals surface area (Å²) in [6, 6.07) is 5.94. The Kier molecular flexibility index (Phi) is 7.88. The van der Waals surface area contributed by atoms with Crippen molar-refractivity contribution in [3.63, 3.8) is 0 Å². The van der Waals surface area contributed by atoms with Crippen LogP contribution in [0, 0.1) is 5.41 Å². The van der Waals surface area contributed by atoms with Gasteiger partial charge in [0.05, 0.1) is 0 Å². The molecule has 0 unspecified atom stereocenters. The highest BCUT2D eigenvalue weighted by Gasteiger charge is 2.17. The first-order valence-electron chi connectivity index (χ1n) is 9.86. The van der Waals surface area contributed by atoms with Gasteiger partial charge >= 0.3 is 0 Å². The van der Waals surface area contributed by atoms with Crippen molar-refractivity contribution in [1.82, 2.24) is 25.2 Å². The van der Waals surface area contributed by atoms with Crippen molar-refractivity contribution in [2.75, 3.05) is 19.6 Å². The molecule has 6 heteroatoms. The number of fused-ring (bicyclic) bond motifs is 1. The van der Waals surface area contributed by atoms with Gasteiger partial charge in [-0.05, 0) is 30.9 Å². The monoisotopic (exact) mass is 358 g/mol. The lowest BCUT2D eigenvalue weighted by Crippen LogP contribution is -2.39. The SMILES string of the molecule is CCCCCC(C)(C)CN=C(NCC)NCCc1nnc2ccccn12. The predicted molar refractivity (Wildman–Crippen MR) is 109 cm³/mol. The fourth-order valence-electron chi connectivity index (χ4n) is 2.92. The molecule has 0 saturated carbocycles. The quantitative estimate of drug-likeness (QED) is 0.388. The molecule has 0 radical (unpaired) electrons. The van der Waals surface area contributed by atoms with Crippen LogP contribution in [-0.4, -0.2) is 40.2 Å². The molecule has 2 aromatic rings. The Morgan fingerprint density at radius 1 is 1.15 bits per heavy atom. The second-order valence-corrected chi connectivity index (χ2v) is 7.54. The second kappa shape index (κ2) is 10.1. The Morgan fingerprint density at radius 3 is 2.77 bits per heavy atom. The Labute approximate surface area is 157 Å². The number of hydrogen-bond donors (Lipinski definition) is 2. The van der Waals surface area contributed by atoms with Crippen molar-refractivity contribution < 1.29 is 0 Å². The number of hydrogen-bond acceptors (Lipinski definition) is 3. The van der Waals surface area contributed by atoms with Gasteiger partial charge in [-0.1, -0.05) is 46.1 Å². The van der Waals surface area contributed by atoms with Crippen molar-refractivity contribution >= 4 is 11.6 Å². The lowest BCUT2D eigenvalue weighted by atomic mass is 9.87. The maximum Gasteiger partial charge on any atom is 0.191 e. The lowest BCUT2D eigenvalue weighted by Gasteiger charge is -2.23. The molecule has 0 saturated heterocycles. The van der Waals surface area contributed by atoms with Crippen LogP contribution < -0.4 is 10.6 Å². The molecule has 2 heterocycles.